The normalized spacial score (nSPS) is 11.5. The number of carbonyl (C=O) groups is 1. The largest absolute Gasteiger partial charge is 0.497 e. The van der Waals surface area contributed by atoms with Crippen LogP contribution in [0, 0.1) is 34.6 Å². The molecular weight excluding hydrogens is 655 g/mol. The lowest BCUT2D eigenvalue weighted by Gasteiger charge is -2.23. The fourth-order valence-corrected chi connectivity index (χ4v) is 8.30. The van der Waals surface area contributed by atoms with Crippen LogP contribution in [0.15, 0.2) is 83.8 Å². The minimum absolute atomic E-state index is 0.0411. The maximum absolute atomic E-state index is 13.6. The van der Waals surface area contributed by atoms with Gasteiger partial charge >= 0.3 is 0 Å². The van der Waals surface area contributed by atoms with Gasteiger partial charge in [0.1, 0.15) is 5.75 Å². The molecule has 0 fully saturated rings. The maximum atomic E-state index is 13.6. The number of carbonyl (C=O) groups excluding carboxylic acids is 1. The summed E-state index contributed by atoms with van der Waals surface area (Å²) >= 11 is 0. The smallest absolute Gasteiger partial charge is 0.297 e. The van der Waals surface area contributed by atoms with Crippen molar-refractivity contribution in [2.24, 2.45) is 0 Å². The van der Waals surface area contributed by atoms with E-state index in [4.69, 9.17) is 8.92 Å². The Morgan fingerprint density at radius 3 is 1.67 bits per heavy atom. The Balaban J connectivity index is 1.16. The summed E-state index contributed by atoms with van der Waals surface area (Å²) in [5.41, 5.74) is 9.22. The van der Waals surface area contributed by atoms with Crippen molar-refractivity contribution < 1.29 is 22.1 Å². The molecule has 0 saturated heterocycles. The molecule has 0 N–H and O–H groups in total. The Morgan fingerprint density at radius 1 is 0.608 bits per heavy atom. The van der Waals surface area contributed by atoms with E-state index in [2.05, 4.69) is 56.3 Å². The third kappa shape index (κ3) is 12.4. The molecule has 0 unspecified atom stereocenters. The summed E-state index contributed by atoms with van der Waals surface area (Å²) in [6.07, 6.45) is 10.7. The molecule has 51 heavy (non-hydrogen) atoms. The van der Waals surface area contributed by atoms with Crippen LogP contribution in [0.5, 0.6) is 5.75 Å². The van der Waals surface area contributed by atoms with E-state index in [1.165, 1.54) is 41.5 Å². The lowest BCUT2D eigenvalue weighted by atomic mass is 9.99. The number of methoxy groups -OCH3 is 1. The van der Waals surface area contributed by atoms with E-state index < -0.39 is 10.1 Å². The standard InChI is InChI=1S/C44H57NO5S/c1-33-27-34(2)31-41(30-33)39-19-17-38(18-20-39)32-45(44(46)40-21-23-42(49-6)24-22-40)25-15-13-11-9-7-8-10-12-14-16-26-50-51(47,48)43-36(4)28-35(3)29-37(43)5/h17-24,27-31H,7-16,25-26,32H2,1-6H3. The summed E-state index contributed by atoms with van der Waals surface area (Å²) in [5.74, 6) is 0.781. The average Bonchev–Trinajstić information content (AvgIpc) is 3.08. The summed E-state index contributed by atoms with van der Waals surface area (Å²) in [4.78, 5) is 15.9. The van der Waals surface area contributed by atoms with Gasteiger partial charge in [0.25, 0.3) is 16.0 Å². The first-order valence-electron chi connectivity index (χ1n) is 18.5. The predicted octanol–water partition coefficient (Wildman–Crippen LogP) is 10.9. The van der Waals surface area contributed by atoms with Crippen LogP contribution in [-0.2, 0) is 20.8 Å². The minimum Gasteiger partial charge on any atom is -0.497 e. The zero-order chi connectivity index (χ0) is 36.8. The summed E-state index contributed by atoms with van der Waals surface area (Å²) in [7, 11) is -2.10. The van der Waals surface area contributed by atoms with Crippen LogP contribution in [-0.4, -0.2) is 39.5 Å². The molecule has 0 aliphatic rings. The van der Waals surface area contributed by atoms with Gasteiger partial charge in [-0.1, -0.05) is 123 Å². The highest BCUT2D eigenvalue weighted by atomic mass is 32.2. The van der Waals surface area contributed by atoms with Crippen molar-refractivity contribution in [1.82, 2.24) is 4.90 Å². The van der Waals surface area contributed by atoms with Crippen molar-refractivity contribution in [1.29, 1.82) is 0 Å². The fourth-order valence-electron chi connectivity index (χ4n) is 6.94. The quantitative estimate of drug-likeness (QED) is 0.0674. The number of hydrogen-bond acceptors (Lipinski definition) is 5. The molecule has 0 saturated carbocycles. The highest BCUT2D eigenvalue weighted by Crippen LogP contribution is 2.25. The molecule has 1 amide bonds. The molecule has 4 aromatic rings. The molecule has 0 spiro atoms. The van der Waals surface area contributed by atoms with Gasteiger partial charge in [0.15, 0.2) is 0 Å². The third-order valence-electron chi connectivity index (χ3n) is 9.42. The van der Waals surface area contributed by atoms with E-state index in [9.17, 15) is 13.2 Å². The summed E-state index contributed by atoms with van der Waals surface area (Å²) in [5, 5.41) is 0. The minimum atomic E-state index is -3.73. The molecule has 0 atom stereocenters. The number of amides is 1. The van der Waals surface area contributed by atoms with Gasteiger partial charge in [-0.15, -0.1) is 0 Å². The van der Waals surface area contributed by atoms with Crippen LogP contribution in [0.3, 0.4) is 0 Å². The lowest BCUT2D eigenvalue weighted by molar-refractivity contribution is 0.0739. The van der Waals surface area contributed by atoms with Crippen molar-refractivity contribution in [3.05, 3.63) is 118 Å². The molecule has 4 rings (SSSR count). The van der Waals surface area contributed by atoms with Crippen molar-refractivity contribution in [3.63, 3.8) is 0 Å². The number of rotatable bonds is 20. The summed E-state index contributed by atoms with van der Waals surface area (Å²) in [6, 6.07) is 26.4. The van der Waals surface area contributed by atoms with E-state index in [0.717, 1.165) is 72.9 Å². The lowest BCUT2D eigenvalue weighted by Crippen LogP contribution is -2.31. The van der Waals surface area contributed by atoms with Gasteiger partial charge in [0, 0.05) is 18.7 Å². The summed E-state index contributed by atoms with van der Waals surface area (Å²) < 4.78 is 36.1. The highest BCUT2D eigenvalue weighted by molar-refractivity contribution is 7.86. The van der Waals surface area contributed by atoms with Crippen LogP contribution in [0.4, 0.5) is 0 Å². The first kappa shape index (κ1) is 39.8. The van der Waals surface area contributed by atoms with Gasteiger partial charge in [0.2, 0.25) is 0 Å². The van der Waals surface area contributed by atoms with Crippen molar-refractivity contribution in [3.8, 4) is 16.9 Å². The number of nitrogens with zero attached hydrogens (tertiary/aromatic N) is 1. The third-order valence-corrected chi connectivity index (χ3v) is 11.0. The summed E-state index contributed by atoms with van der Waals surface area (Å²) in [6.45, 7) is 11.4. The molecule has 6 nitrogen and oxygen atoms in total. The molecule has 4 aromatic carbocycles. The molecule has 0 aliphatic carbocycles. The Labute approximate surface area is 307 Å². The number of benzene rings is 4. The Kier molecular flexibility index (Phi) is 15.3. The van der Waals surface area contributed by atoms with E-state index in [-0.39, 0.29) is 12.5 Å². The monoisotopic (exact) mass is 711 g/mol. The first-order valence-corrected chi connectivity index (χ1v) is 20.0. The van der Waals surface area contributed by atoms with E-state index in [1.807, 2.05) is 62.1 Å². The molecule has 7 heteroatoms. The second-order valence-corrected chi connectivity index (χ2v) is 15.6. The zero-order valence-electron chi connectivity index (χ0n) is 31.6. The predicted molar refractivity (Wildman–Crippen MR) is 209 cm³/mol. The van der Waals surface area contributed by atoms with E-state index in [1.54, 1.807) is 7.11 Å². The van der Waals surface area contributed by atoms with Gasteiger partial charge in [-0.2, -0.15) is 8.42 Å². The maximum Gasteiger partial charge on any atom is 0.297 e. The molecule has 0 aromatic heterocycles. The van der Waals surface area contributed by atoms with Gasteiger partial charge in [-0.3, -0.25) is 8.98 Å². The van der Waals surface area contributed by atoms with Crippen molar-refractivity contribution in [2.75, 3.05) is 20.3 Å². The van der Waals surface area contributed by atoms with Gasteiger partial charge in [0.05, 0.1) is 18.6 Å². The Morgan fingerprint density at radius 2 is 1.12 bits per heavy atom. The van der Waals surface area contributed by atoms with Crippen molar-refractivity contribution in [2.45, 2.75) is 110 Å². The van der Waals surface area contributed by atoms with Crippen molar-refractivity contribution >= 4 is 16.0 Å². The van der Waals surface area contributed by atoms with Crippen LogP contribution < -0.4 is 4.74 Å². The molecular formula is C44H57NO5S. The molecule has 0 heterocycles. The molecule has 0 bridgehead atoms. The highest BCUT2D eigenvalue weighted by Gasteiger charge is 2.21. The van der Waals surface area contributed by atoms with Gasteiger partial charge < -0.3 is 9.64 Å². The number of ether oxygens (including phenoxy) is 1. The number of hydrogen-bond donors (Lipinski definition) is 0. The SMILES string of the molecule is COc1ccc(C(=O)N(CCCCCCCCCCCCOS(=O)(=O)c2c(C)cc(C)cc2C)Cc2ccc(-c3cc(C)cc(C)c3)cc2)cc1. The Bertz CT molecular complexity index is 1770. The topological polar surface area (TPSA) is 72.9 Å². The van der Waals surface area contributed by atoms with Crippen LogP contribution in [0.25, 0.3) is 11.1 Å². The zero-order valence-corrected chi connectivity index (χ0v) is 32.4. The second kappa shape index (κ2) is 19.6. The molecule has 0 aliphatic heterocycles. The van der Waals surface area contributed by atoms with Crippen LogP contribution >= 0.6 is 0 Å². The van der Waals surface area contributed by atoms with E-state index >= 15 is 0 Å². The first-order chi connectivity index (χ1) is 24.5. The van der Waals surface area contributed by atoms with Gasteiger partial charge in [-0.25, -0.2) is 0 Å². The van der Waals surface area contributed by atoms with E-state index in [0.29, 0.717) is 23.5 Å². The number of unbranched alkanes of at least 4 members (excludes halogenated alkanes) is 9. The van der Waals surface area contributed by atoms with Crippen LogP contribution in [0.1, 0.15) is 108 Å². The molecule has 0 radical (unpaired) electrons. The number of aryl methyl sites for hydroxylation is 5. The fraction of sp³-hybridized carbons (Fsp3) is 0.432. The Hall–Kier alpha value is -3.94. The van der Waals surface area contributed by atoms with Crippen LogP contribution in [0.2, 0.25) is 0 Å². The molecule has 274 valence electrons. The van der Waals surface area contributed by atoms with Gasteiger partial charge in [-0.05, 0) is 99.5 Å². The average molecular weight is 712 g/mol. The second-order valence-electron chi connectivity index (χ2n) is 14.1.